The summed E-state index contributed by atoms with van der Waals surface area (Å²) in [5.41, 5.74) is 2.23. The van der Waals surface area contributed by atoms with Gasteiger partial charge in [-0.1, -0.05) is 0 Å². The number of nitrogens with zero attached hydrogens (tertiary/aromatic N) is 4. The molecule has 0 unspecified atom stereocenters. The van der Waals surface area contributed by atoms with Crippen LogP contribution in [0.4, 0.5) is 27.5 Å². The van der Waals surface area contributed by atoms with Crippen molar-refractivity contribution in [3.8, 4) is 11.5 Å². The van der Waals surface area contributed by atoms with E-state index in [4.69, 9.17) is 9.47 Å². The Balaban J connectivity index is 1.32. The predicted octanol–water partition coefficient (Wildman–Crippen LogP) is 3.36. The number of aromatic nitrogens is 4. The zero-order chi connectivity index (χ0) is 23.5. The average Bonchev–Trinajstić information content (AvgIpc) is 3.26. The number of ether oxygens (including phenoxy) is 2. The van der Waals surface area contributed by atoms with Crippen molar-refractivity contribution in [2.24, 2.45) is 0 Å². The lowest BCUT2D eigenvalue weighted by Crippen LogP contribution is -2.19. The van der Waals surface area contributed by atoms with Gasteiger partial charge < -0.3 is 25.4 Å². The highest BCUT2D eigenvalue weighted by atomic mass is 19.1. The Bertz CT molecular complexity index is 1360. The highest BCUT2D eigenvalue weighted by Crippen LogP contribution is 2.34. The maximum atomic E-state index is 14.4. The molecule has 0 saturated heterocycles. The van der Waals surface area contributed by atoms with Crippen LogP contribution in [0.25, 0.3) is 10.9 Å². The van der Waals surface area contributed by atoms with E-state index in [0.717, 1.165) is 22.8 Å². The van der Waals surface area contributed by atoms with E-state index in [1.54, 1.807) is 36.1 Å². The minimum absolute atomic E-state index is 0.0253. The summed E-state index contributed by atoms with van der Waals surface area (Å²) in [4.78, 5) is 19.8. The van der Waals surface area contributed by atoms with Crippen LogP contribution >= 0.6 is 0 Å². The Kier molecular flexibility index (Phi) is 5.81. The van der Waals surface area contributed by atoms with Gasteiger partial charge in [0.2, 0.25) is 11.9 Å². The van der Waals surface area contributed by atoms with Gasteiger partial charge in [0.1, 0.15) is 13.2 Å². The van der Waals surface area contributed by atoms with E-state index < -0.39 is 5.82 Å². The predicted molar refractivity (Wildman–Crippen MR) is 124 cm³/mol. The van der Waals surface area contributed by atoms with Gasteiger partial charge in [-0.3, -0.25) is 9.48 Å². The lowest BCUT2D eigenvalue weighted by molar-refractivity contribution is -0.120. The lowest BCUT2D eigenvalue weighted by Gasteiger charge is -2.19. The number of aryl methyl sites for hydroxylation is 1. The average molecular weight is 463 g/mol. The second kappa shape index (κ2) is 9.22. The normalized spacial score (nSPS) is 12.4. The van der Waals surface area contributed by atoms with Gasteiger partial charge in [0.05, 0.1) is 24.5 Å². The van der Waals surface area contributed by atoms with E-state index >= 15 is 0 Å². The minimum atomic E-state index is -0.590. The summed E-state index contributed by atoms with van der Waals surface area (Å²) >= 11 is 0. The molecular weight excluding hydrogens is 441 g/mol. The number of anilines is 4. The van der Waals surface area contributed by atoms with Crippen molar-refractivity contribution in [3.63, 3.8) is 0 Å². The topological polar surface area (TPSA) is 115 Å². The number of hydrogen-bond acceptors (Lipinski definition) is 8. The van der Waals surface area contributed by atoms with E-state index in [-0.39, 0.29) is 17.7 Å². The Labute approximate surface area is 194 Å². The van der Waals surface area contributed by atoms with E-state index in [1.165, 1.54) is 0 Å². The van der Waals surface area contributed by atoms with Crippen LogP contribution in [0.15, 0.2) is 48.8 Å². The maximum absolute atomic E-state index is 14.4. The lowest BCUT2D eigenvalue weighted by atomic mass is 10.2. The fourth-order valence-corrected chi connectivity index (χ4v) is 3.58. The molecule has 3 N–H and O–H groups in total. The summed E-state index contributed by atoms with van der Waals surface area (Å²) in [6.07, 6.45) is 3.17. The maximum Gasteiger partial charge on any atom is 0.229 e. The molecule has 0 fully saturated rings. The van der Waals surface area contributed by atoms with Crippen molar-refractivity contribution < 1.29 is 18.7 Å². The first-order valence-corrected chi connectivity index (χ1v) is 10.7. The number of fused-ring (bicyclic) bond motifs is 2. The van der Waals surface area contributed by atoms with Crippen LogP contribution in [0.5, 0.6) is 11.5 Å². The van der Waals surface area contributed by atoms with Gasteiger partial charge in [0.25, 0.3) is 0 Å². The molecule has 2 aromatic carbocycles. The van der Waals surface area contributed by atoms with Gasteiger partial charge in [0, 0.05) is 36.3 Å². The molecule has 11 heteroatoms. The van der Waals surface area contributed by atoms with E-state index in [0.29, 0.717) is 43.4 Å². The van der Waals surface area contributed by atoms with Crippen molar-refractivity contribution in [1.29, 1.82) is 0 Å². The van der Waals surface area contributed by atoms with Crippen molar-refractivity contribution >= 4 is 40.0 Å². The molecule has 3 heterocycles. The molecule has 10 nitrogen and oxygen atoms in total. The highest BCUT2D eigenvalue weighted by Gasteiger charge is 2.14. The summed E-state index contributed by atoms with van der Waals surface area (Å²) in [5, 5.41) is 13.9. The smallest absolute Gasteiger partial charge is 0.229 e. The number of hydrogen-bond donors (Lipinski definition) is 3. The Morgan fingerprint density at radius 3 is 2.71 bits per heavy atom. The van der Waals surface area contributed by atoms with Gasteiger partial charge in [0.15, 0.2) is 23.1 Å². The minimum Gasteiger partial charge on any atom is -0.486 e. The van der Waals surface area contributed by atoms with E-state index in [2.05, 4.69) is 31.0 Å². The molecule has 1 amide bonds. The van der Waals surface area contributed by atoms with Crippen molar-refractivity contribution in [3.05, 3.63) is 54.6 Å². The van der Waals surface area contributed by atoms with Gasteiger partial charge >= 0.3 is 0 Å². The summed E-state index contributed by atoms with van der Waals surface area (Å²) in [5.74, 6) is 0.859. The molecule has 0 radical (unpaired) electrons. The fourth-order valence-electron chi connectivity index (χ4n) is 3.58. The van der Waals surface area contributed by atoms with Crippen LogP contribution in [0, 0.1) is 5.82 Å². The summed E-state index contributed by atoms with van der Waals surface area (Å²) < 4.78 is 27.3. The van der Waals surface area contributed by atoms with Crippen LogP contribution in [0.1, 0.15) is 6.42 Å². The third-order valence-electron chi connectivity index (χ3n) is 5.28. The van der Waals surface area contributed by atoms with Gasteiger partial charge in [-0.15, -0.1) is 0 Å². The van der Waals surface area contributed by atoms with Crippen LogP contribution in [0.3, 0.4) is 0 Å². The zero-order valence-corrected chi connectivity index (χ0v) is 18.3. The summed E-state index contributed by atoms with van der Waals surface area (Å²) in [7, 11) is 1.61. The molecule has 174 valence electrons. The first-order chi connectivity index (χ1) is 16.6. The molecule has 0 bridgehead atoms. The molecule has 0 saturated carbocycles. The Hall–Kier alpha value is -4.41. The van der Waals surface area contributed by atoms with Gasteiger partial charge in [-0.25, -0.2) is 9.37 Å². The number of nitrogens with one attached hydrogen (secondary N) is 3. The third-order valence-corrected chi connectivity index (χ3v) is 5.28. The van der Waals surface area contributed by atoms with Crippen molar-refractivity contribution in [2.75, 3.05) is 30.9 Å². The SMILES string of the molecule is CNC(=O)CCn1ncc2cc(Nc3ncc(F)c(Nc4ccc5c(c4)OCCO5)n3)ccc21. The van der Waals surface area contributed by atoms with Crippen LogP contribution in [-0.4, -0.2) is 45.9 Å². The molecule has 1 aliphatic rings. The molecule has 1 aliphatic heterocycles. The first kappa shape index (κ1) is 21.4. The van der Waals surface area contributed by atoms with Crippen molar-refractivity contribution in [1.82, 2.24) is 25.1 Å². The second-order valence-electron chi connectivity index (χ2n) is 7.56. The zero-order valence-electron chi connectivity index (χ0n) is 18.3. The van der Waals surface area contributed by atoms with E-state index in [1.807, 2.05) is 18.2 Å². The number of benzene rings is 2. The van der Waals surface area contributed by atoms with Gasteiger partial charge in [-0.05, 0) is 30.3 Å². The van der Waals surface area contributed by atoms with Crippen LogP contribution in [0.2, 0.25) is 0 Å². The van der Waals surface area contributed by atoms with Crippen LogP contribution in [-0.2, 0) is 11.3 Å². The Morgan fingerprint density at radius 1 is 1.06 bits per heavy atom. The summed E-state index contributed by atoms with van der Waals surface area (Å²) in [6.45, 7) is 1.44. The molecule has 4 aromatic rings. The molecule has 0 spiro atoms. The first-order valence-electron chi connectivity index (χ1n) is 10.7. The number of amides is 1. The van der Waals surface area contributed by atoms with Crippen molar-refractivity contribution in [2.45, 2.75) is 13.0 Å². The quantitative estimate of drug-likeness (QED) is 0.382. The monoisotopic (exact) mass is 463 g/mol. The fraction of sp³-hybridized carbons (Fsp3) is 0.217. The summed E-state index contributed by atoms with van der Waals surface area (Å²) in [6, 6.07) is 10.9. The second-order valence-corrected chi connectivity index (χ2v) is 7.56. The van der Waals surface area contributed by atoms with Crippen LogP contribution < -0.4 is 25.4 Å². The molecule has 2 aromatic heterocycles. The standard InChI is InChI=1S/C23H22FN7O3/c1-25-21(32)6-7-31-18-4-2-15(10-14(18)12-27-31)29-23-26-13-17(24)22(30-23)28-16-3-5-19-20(11-16)34-9-8-33-19/h2-5,10-13H,6-9H2,1H3,(H,25,32)(H2,26,28,29,30). The number of rotatable bonds is 7. The molecule has 5 rings (SSSR count). The highest BCUT2D eigenvalue weighted by molar-refractivity contribution is 5.83. The largest absolute Gasteiger partial charge is 0.486 e. The third kappa shape index (κ3) is 4.53. The number of carbonyl (C=O) groups excluding carboxylic acids is 1. The number of halogens is 1. The van der Waals surface area contributed by atoms with E-state index in [9.17, 15) is 9.18 Å². The molecule has 0 aliphatic carbocycles. The number of carbonyl (C=O) groups is 1. The Morgan fingerprint density at radius 2 is 1.85 bits per heavy atom. The van der Waals surface area contributed by atoms with Gasteiger partial charge in [-0.2, -0.15) is 10.1 Å². The molecular formula is C23H22FN7O3. The molecule has 0 atom stereocenters. The molecule has 34 heavy (non-hydrogen) atoms.